The summed E-state index contributed by atoms with van der Waals surface area (Å²) in [7, 11) is 0. The Morgan fingerprint density at radius 2 is 2.44 bits per heavy atom. The molecule has 1 aliphatic rings. The van der Waals surface area contributed by atoms with Crippen molar-refractivity contribution in [2.24, 2.45) is 0 Å². The fourth-order valence-corrected chi connectivity index (χ4v) is 1.28. The number of rotatable bonds is 2. The zero-order chi connectivity index (χ0) is 6.85. The van der Waals surface area contributed by atoms with E-state index in [4.69, 9.17) is 0 Å². The predicted molar refractivity (Wildman–Crippen MR) is 40.4 cm³/mol. The molecular formula is C8H15N. The second-order valence-electron chi connectivity index (χ2n) is 2.85. The van der Waals surface area contributed by atoms with Crippen molar-refractivity contribution >= 4 is 0 Å². The molecule has 2 atom stereocenters. The monoisotopic (exact) mass is 125 g/mol. The largest absolute Gasteiger partial charge is 0.294 e. The van der Waals surface area contributed by atoms with E-state index in [1.807, 2.05) is 6.08 Å². The predicted octanol–water partition coefficient (Wildman–Crippen LogP) is 1.66. The van der Waals surface area contributed by atoms with E-state index in [2.05, 4.69) is 25.3 Å². The van der Waals surface area contributed by atoms with E-state index in [0.717, 1.165) is 6.04 Å². The van der Waals surface area contributed by atoms with Crippen LogP contribution in [0.15, 0.2) is 12.7 Å². The summed E-state index contributed by atoms with van der Waals surface area (Å²) in [6.45, 7) is 9.48. The molecule has 1 nitrogen and oxygen atoms in total. The smallest absolute Gasteiger partial charge is 0.0250 e. The van der Waals surface area contributed by atoms with Gasteiger partial charge >= 0.3 is 0 Å². The molecule has 9 heavy (non-hydrogen) atoms. The van der Waals surface area contributed by atoms with Crippen molar-refractivity contribution in [3.05, 3.63) is 12.7 Å². The van der Waals surface area contributed by atoms with E-state index in [9.17, 15) is 0 Å². The fourth-order valence-electron chi connectivity index (χ4n) is 1.28. The maximum absolute atomic E-state index is 3.76. The molecule has 1 rings (SSSR count). The molecule has 0 spiro atoms. The highest BCUT2D eigenvalue weighted by molar-refractivity contribution is 4.91. The van der Waals surface area contributed by atoms with Crippen LogP contribution in [0.2, 0.25) is 0 Å². The second-order valence-corrected chi connectivity index (χ2v) is 2.85. The molecule has 0 saturated carbocycles. The lowest BCUT2D eigenvalue weighted by molar-refractivity contribution is 0.0815. The van der Waals surface area contributed by atoms with Crippen molar-refractivity contribution in [1.29, 1.82) is 0 Å². The van der Waals surface area contributed by atoms with Gasteiger partial charge in [-0.05, 0) is 20.3 Å². The van der Waals surface area contributed by atoms with Gasteiger partial charge in [0.2, 0.25) is 0 Å². The number of nitrogens with zero attached hydrogens (tertiary/aromatic N) is 1. The number of likely N-dealkylation sites (tertiary alicyclic amines) is 1. The zero-order valence-corrected chi connectivity index (χ0v) is 6.30. The van der Waals surface area contributed by atoms with Crippen LogP contribution in [0.3, 0.4) is 0 Å². The Kier molecular flexibility index (Phi) is 1.91. The Bertz CT molecular complexity index is 109. The van der Waals surface area contributed by atoms with Crippen molar-refractivity contribution in [3.8, 4) is 0 Å². The second kappa shape index (κ2) is 2.53. The molecule has 0 bridgehead atoms. The first-order valence-electron chi connectivity index (χ1n) is 3.64. The highest BCUT2D eigenvalue weighted by Crippen LogP contribution is 2.19. The van der Waals surface area contributed by atoms with Crippen LogP contribution in [-0.4, -0.2) is 23.5 Å². The standard InChI is InChI=1S/C8H15N/c1-4-7(2)9-6-5-8(9)3/h4,7-8H,1,5-6H2,2-3H3. The summed E-state index contributed by atoms with van der Waals surface area (Å²) in [6, 6.07) is 1.37. The van der Waals surface area contributed by atoms with E-state index < -0.39 is 0 Å². The molecule has 52 valence electrons. The van der Waals surface area contributed by atoms with Gasteiger partial charge in [0.05, 0.1) is 0 Å². The van der Waals surface area contributed by atoms with Crippen LogP contribution in [0.25, 0.3) is 0 Å². The summed E-state index contributed by atoms with van der Waals surface area (Å²) in [5.74, 6) is 0. The molecule has 1 aliphatic heterocycles. The van der Waals surface area contributed by atoms with E-state index in [-0.39, 0.29) is 0 Å². The molecule has 0 N–H and O–H groups in total. The lowest BCUT2D eigenvalue weighted by Gasteiger charge is -2.42. The molecule has 0 aromatic heterocycles. The van der Waals surface area contributed by atoms with Gasteiger partial charge in [0.25, 0.3) is 0 Å². The van der Waals surface area contributed by atoms with Crippen LogP contribution in [-0.2, 0) is 0 Å². The van der Waals surface area contributed by atoms with Crippen molar-refractivity contribution in [2.45, 2.75) is 32.4 Å². The maximum atomic E-state index is 3.76. The Balaban J connectivity index is 2.34. The van der Waals surface area contributed by atoms with E-state index in [1.54, 1.807) is 0 Å². The van der Waals surface area contributed by atoms with Crippen LogP contribution in [0.4, 0.5) is 0 Å². The summed E-state index contributed by atoms with van der Waals surface area (Å²) >= 11 is 0. The molecule has 0 radical (unpaired) electrons. The summed E-state index contributed by atoms with van der Waals surface area (Å²) in [5.41, 5.74) is 0. The minimum absolute atomic E-state index is 0.578. The Morgan fingerprint density at radius 3 is 2.56 bits per heavy atom. The summed E-state index contributed by atoms with van der Waals surface area (Å²) in [4.78, 5) is 2.45. The normalized spacial score (nSPS) is 31.1. The van der Waals surface area contributed by atoms with Gasteiger partial charge in [-0.2, -0.15) is 0 Å². The third kappa shape index (κ3) is 1.16. The van der Waals surface area contributed by atoms with E-state index in [1.165, 1.54) is 13.0 Å². The Hall–Kier alpha value is -0.300. The molecule has 0 aromatic rings. The van der Waals surface area contributed by atoms with Gasteiger partial charge in [-0.15, -0.1) is 6.58 Å². The quantitative estimate of drug-likeness (QED) is 0.507. The van der Waals surface area contributed by atoms with Crippen molar-refractivity contribution in [1.82, 2.24) is 4.90 Å². The average molecular weight is 125 g/mol. The maximum Gasteiger partial charge on any atom is 0.0250 e. The van der Waals surface area contributed by atoms with Gasteiger partial charge < -0.3 is 0 Å². The molecule has 0 aromatic carbocycles. The molecular weight excluding hydrogens is 110 g/mol. The topological polar surface area (TPSA) is 3.24 Å². The third-order valence-electron chi connectivity index (χ3n) is 2.24. The van der Waals surface area contributed by atoms with Gasteiger partial charge in [-0.1, -0.05) is 6.08 Å². The summed E-state index contributed by atoms with van der Waals surface area (Å²) < 4.78 is 0. The molecule has 1 heteroatoms. The minimum Gasteiger partial charge on any atom is -0.294 e. The van der Waals surface area contributed by atoms with Crippen LogP contribution in [0.5, 0.6) is 0 Å². The first kappa shape index (κ1) is 6.81. The average Bonchev–Trinajstić information content (AvgIpc) is 1.84. The Morgan fingerprint density at radius 1 is 1.78 bits per heavy atom. The van der Waals surface area contributed by atoms with E-state index in [0.29, 0.717) is 6.04 Å². The van der Waals surface area contributed by atoms with Crippen LogP contribution >= 0.6 is 0 Å². The lowest BCUT2D eigenvalue weighted by Crippen LogP contribution is -2.49. The minimum atomic E-state index is 0.578. The van der Waals surface area contributed by atoms with Gasteiger partial charge in [0.1, 0.15) is 0 Å². The molecule has 1 fully saturated rings. The summed E-state index contributed by atoms with van der Waals surface area (Å²) in [5, 5.41) is 0. The third-order valence-corrected chi connectivity index (χ3v) is 2.24. The molecule has 2 unspecified atom stereocenters. The highest BCUT2D eigenvalue weighted by atomic mass is 15.2. The SMILES string of the molecule is C=CC(C)N1CCC1C. The van der Waals surface area contributed by atoms with Crippen molar-refractivity contribution in [2.75, 3.05) is 6.54 Å². The van der Waals surface area contributed by atoms with Crippen LogP contribution in [0.1, 0.15) is 20.3 Å². The molecule has 0 aliphatic carbocycles. The molecule has 0 amide bonds. The van der Waals surface area contributed by atoms with Crippen LogP contribution < -0.4 is 0 Å². The first-order chi connectivity index (χ1) is 4.25. The molecule has 1 saturated heterocycles. The summed E-state index contributed by atoms with van der Waals surface area (Å²) in [6.07, 6.45) is 3.37. The van der Waals surface area contributed by atoms with Crippen molar-refractivity contribution in [3.63, 3.8) is 0 Å². The van der Waals surface area contributed by atoms with Gasteiger partial charge in [-0.25, -0.2) is 0 Å². The zero-order valence-electron chi connectivity index (χ0n) is 6.30. The van der Waals surface area contributed by atoms with Gasteiger partial charge in [0, 0.05) is 18.6 Å². The van der Waals surface area contributed by atoms with Gasteiger partial charge in [0.15, 0.2) is 0 Å². The fraction of sp³-hybridized carbons (Fsp3) is 0.750. The highest BCUT2D eigenvalue weighted by Gasteiger charge is 2.25. The lowest BCUT2D eigenvalue weighted by atomic mass is 10.0. The van der Waals surface area contributed by atoms with E-state index >= 15 is 0 Å². The van der Waals surface area contributed by atoms with Crippen LogP contribution in [0, 0.1) is 0 Å². The number of hydrogen-bond donors (Lipinski definition) is 0. The first-order valence-corrected chi connectivity index (χ1v) is 3.64. The number of hydrogen-bond acceptors (Lipinski definition) is 1. The van der Waals surface area contributed by atoms with Gasteiger partial charge in [-0.3, -0.25) is 4.90 Å². The molecule has 1 heterocycles. The van der Waals surface area contributed by atoms with Crippen molar-refractivity contribution < 1.29 is 0 Å². The Labute approximate surface area is 57.4 Å².